The number of nitrogens with one attached hydrogen (secondary N) is 2. The normalized spacial score (nSPS) is 12.6. The molecule has 0 aliphatic heterocycles. The lowest BCUT2D eigenvalue weighted by atomic mass is 9.90. The minimum Gasteiger partial charge on any atom is -0.396 e. The van der Waals surface area contributed by atoms with Crippen molar-refractivity contribution in [2.45, 2.75) is 33.2 Å². The molecule has 1 rings (SSSR count). The highest BCUT2D eigenvalue weighted by Crippen LogP contribution is 2.18. The molecule has 0 saturated carbocycles. The van der Waals surface area contributed by atoms with Crippen molar-refractivity contribution in [1.29, 1.82) is 0 Å². The van der Waals surface area contributed by atoms with Gasteiger partial charge in [-0.05, 0) is 30.5 Å². The van der Waals surface area contributed by atoms with Gasteiger partial charge in [0.1, 0.15) is 5.82 Å². The molecule has 1 aromatic rings. The predicted octanol–water partition coefficient (Wildman–Crippen LogP) is 2.12. The van der Waals surface area contributed by atoms with Crippen molar-refractivity contribution in [3.8, 4) is 0 Å². The second-order valence-corrected chi connectivity index (χ2v) is 6.74. The maximum Gasteiger partial charge on any atom is 0.254 e. The largest absolute Gasteiger partial charge is 0.396 e. The highest BCUT2D eigenvalue weighted by molar-refractivity contribution is 6.31. The van der Waals surface area contributed by atoms with E-state index in [1.54, 1.807) is 20.8 Å². The third kappa shape index (κ3) is 6.54. The molecule has 0 aliphatic rings. The van der Waals surface area contributed by atoms with Crippen LogP contribution in [0.1, 0.15) is 37.6 Å². The first-order chi connectivity index (χ1) is 10.6. The number of aliphatic hydroxyl groups excluding tert-OH is 1. The zero-order valence-corrected chi connectivity index (χ0v) is 14.2. The molecule has 0 fully saturated rings. The van der Waals surface area contributed by atoms with E-state index in [9.17, 15) is 14.0 Å². The maximum atomic E-state index is 13.6. The van der Waals surface area contributed by atoms with Crippen molar-refractivity contribution in [3.05, 3.63) is 34.6 Å². The van der Waals surface area contributed by atoms with Gasteiger partial charge in [0.25, 0.3) is 5.91 Å². The predicted molar refractivity (Wildman–Crippen MR) is 86.8 cm³/mol. The average molecular weight is 345 g/mol. The Balaban J connectivity index is 2.50. The summed E-state index contributed by atoms with van der Waals surface area (Å²) in [5, 5.41) is 14.7. The van der Waals surface area contributed by atoms with E-state index < -0.39 is 17.1 Å². The maximum absolute atomic E-state index is 13.6. The van der Waals surface area contributed by atoms with Gasteiger partial charge >= 0.3 is 0 Å². The number of rotatable bonds is 7. The highest BCUT2D eigenvalue weighted by Gasteiger charge is 2.21. The summed E-state index contributed by atoms with van der Waals surface area (Å²) in [6.07, 6.45) is 0.174. The van der Waals surface area contributed by atoms with E-state index in [0.717, 1.165) is 6.07 Å². The molecule has 5 nitrogen and oxygen atoms in total. The smallest absolute Gasteiger partial charge is 0.254 e. The zero-order chi connectivity index (χ0) is 17.6. The van der Waals surface area contributed by atoms with Crippen LogP contribution in [-0.2, 0) is 4.79 Å². The standard InChI is InChI=1S/C16H22ClFN2O3/c1-10(8-19-14(22)7-16(2,3)9-21)20-15(23)12-6-11(17)4-5-13(12)18/h4-6,10,21H,7-9H2,1-3H3,(H,19,22)(H,20,23). The number of carbonyl (C=O) groups is 2. The molecule has 1 unspecified atom stereocenters. The van der Waals surface area contributed by atoms with Crippen LogP contribution in [0.2, 0.25) is 5.02 Å². The van der Waals surface area contributed by atoms with Crippen LogP contribution in [0.15, 0.2) is 18.2 Å². The van der Waals surface area contributed by atoms with E-state index in [-0.39, 0.29) is 42.1 Å². The van der Waals surface area contributed by atoms with Crippen molar-refractivity contribution >= 4 is 23.4 Å². The van der Waals surface area contributed by atoms with Gasteiger partial charge in [-0.1, -0.05) is 25.4 Å². The topological polar surface area (TPSA) is 78.4 Å². The second kappa shape index (κ2) is 8.26. The highest BCUT2D eigenvalue weighted by atomic mass is 35.5. The van der Waals surface area contributed by atoms with Crippen molar-refractivity contribution in [1.82, 2.24) is 10.6 Å². The zero-order valence-electron chi connectivity index (χ0n) is 13.5. The van der Waals surface area contributed by atoms with E-state index >= 15 is 0 Å². The molecular formula is C16H22ClFN2O3. The van der Waals surface area contributed by atoms with Gasteiger partial charge in [-0.25, -0.2) is 4.39 Å². The number of carbonyl (C=O) groups excluding carboxylic acids is 2. The van der Waals surface area contributed by atoms with Crippen LogP contribution < -0.4 is 10.6 Å². The summed E-state index contributed by atoms with van der Waals surface area (Å²) in [6, 6.07) is 3.35. The van der Waals surface area contributed by atoms with E-state index in [1.807, 2.05) is 0 Å². The molecule has 0 aliphatic carbocycles. The molecule has 3 N–H and O–H groups in total. The minimum atomic E-state index is -0.659. The number of amides is 2. The first kappa shape index (κ1) is 19.4. The van der Waals surface area contributed by atoms with Gasteiger partial charge in [-0.2, -0.15) is 0 Å². The third-order valence-corrected chi connectivity index (χ3v) is 3.46. The van der Waals surface area contributed by atoms with Gasteiger partial charge in [0.2, 0.25) is 5.91 Å². The molecular weight excluding hydrogens is 323 g/mol. The first-order valence-corrected chi connectivity index (χ1v) is 7.66. The average Bonchev–Trinajstić information content (AvgIpc) is 2.47. The van der Waals surface area contributed by atoms with Crippen molar-refractivity contribution in [3.63, 3.8) is 0 Å². The van der Waals surface area contributed by atoms with Gasteiger partial charge in [0.15, 0.2) is 0 Å². The molecule has 1 aromatic carbocycles. The third-order valence-electron chi connectivity index (χ3n) is 3.22. The van der Waals surface area contributed by atoms with Crippen LogP contribution in [0.5, 0.6) is 0 Å². The fraction of sp³-hybridized carbons (Fsp3) is 0.500. The van der Waals surface area contributed by atoms with Crippen molar-refractivity contribution < 1.29 is 19.1 Å². The number of benzene rings is 1. The van der Waals surface area contributed by atoms with Crippen LogP contribution in [0.25, 0.3) is 0 Å². The lowest BCUT2D eigenvalue weighted by Gasteiger charge is -2.21. The van der Waals surface area contributed by atoms with Gasteiger partial charge < -0.3 is 15.7 Å². The Morgan fingerprint density at radius 2 is 2.04 bits per heavy atom. The molecule has 0 aromatic heterocycles. The number of halogens is 2. The Bertz CT molecular complexity index is 578. The van der Waals surface area contributed by atoms with Gasteiger partial charge in [-0.15, -0.1) is 0 Å². The summed E-state index contributed by atoms with van der Waals surface area (Å²) in [6.45, 7) is 5.35. The Labute approximate surface area is 140 Å². The summed E-state index contributed by atoms with van der Waals surface area (Å²) >= 11 is 5.75. The molecule has 7 heteroatoms. The Morgan fingerprint density at radius 1 is 1.39 bits per heavy atom. The van der Waals surface area contributed by atoms with E-state index in [4.69, 9.17) is 16.7 Å². The quantitative estimate of drug-likeness (QED) is 0.709. The molecule has 0 radical (unpaired) electrons. The Kier molecular flexibility index (Phi) is 6.97. The second-order valence-electron chi connectivity index (χ2n) is 6.30. The Hall–Kier alpha value is -1.66. The molecule has 1 atom stereocenters. The molecule has 0 bridgehead atoms. The van der Waals surface area contributed by atoms with Crippen LogP contribution >= 0.6 is 11.6 Å². The molecule has 0 heterocycles. The van der Waals surface area contributed by atoms with Crippen LogP contribution in [0.4, 0.5) is 4.39 Å². The number of hydrogen-bond donors (Lipinski definition) is 3. The summed E-state index contributed by atoms with van der Waals surface area (Å²) in [5.74, 6) is -1.48. The number of hydrogen-bond acceptors (Lipinski definition) is 3. The summed E-state index contributed by atoms with van der Waals surface area (Å²) in [5.41, 5.74) is -0.641. The van der Waals surface area contributed by atoms with E-state index in [1.165, 1.54) is 12.1 Å². The monoisotopic (exact) mass is 344 g/mol. The first-order valence-electron chi connectivity index (χ1n) is 7.28. The lowest BCUT2D eigenvalue weighted by Crippen LogP contribution is -2.43. The molecule has 0 saturated heterocycles. The molecule has 128 valence electrons. The summed E-state index contributed by atoms with van der Waals surface area (Å²) in [7, 11) is 0. The van der Waals surface area contributed by atoms with Crippen LogP contribution in [0.3, 0.4) is 0 Å². The molecule has 2 amide bonds. The van der Waals surface area contributed by atoms with Gasteiger partial charge in [0.05, 0.1) is 5.56 Å². The summed E-state index contributed by atoms with van der Waals surface area (Å²) in [4.78, 5) is 23.8. The fourth-order valence-electron chi connectivity index (χ4n) is 1.84. The fourth-order valence-corrected chi connectivity index (χ4v) is 2.02. The van der Waals surface area contributed by atoms with Gasteiger partial charge in [-0.3, -0.25) is 9.59 Å². The van der Waals surface area contributed by atoms with E-state index in [2.05, 4.69) is 10.6 Å². The van der Waals surface area contributed by atoms with Gasteiger partial charge in [0, 0.05) is 30.6 Å². The SMILES string of the molecule is CC(CNC(=O)CC(C)(C)CO)NC(=O)c1cc(Cl)ccc1F. The lowest BCUT2D eigenvalue weighted by molar-refractivity contribution is -0.123. The number of aliphatic hydroxyl groups is 1. The van der Waals surface area contributed by atoms with Crippen LogP contribution in [0, 0.1) is 11.2 Å². The summed E-state index contributed by atoms with van der Waals surface area (Å²) < 4.78 is 13.6. The van der Waals surface area contributed by atoms with E-state index in [0.29, 0.717) is 0 Å². The minimum absolute atomic E-state index is 0.0965. The Morgan fingerprint density at radius 3 is 2.65 bits per heavy atom. The molecule has 0 spiro atoms. The van der Waals surface area contributed by atoms with Crippen LogP contribution in [-0.4, -0.2) is 36.1 Å². The van der Waals surface area contributed by atoms with Crippen molar-refractivity contribution in [2.24, 2.45) is 5.41 Å². The molecule has 23 heavy (non-hydrogen) atoms. The van der Waals surface area contributed by atoms with Crippen molar-refractivity contribution in [2.75, 3.05) is 13.2 Å².